The number of amides is 1. The fraction of sp³-hybridized carbons (Fsp3) is 0.200. The fourth-order valence-electron chi connectivity index (χ4n) is 2.54. The van der Waals surface area contributed by atoms with Crippen LogP contribution in [0.5, 0.6) is 17.2 Å². The molecule has 6 heteroatoms. The zero-order chi connectivity index (χ0) is 18.7. The van der Waals surface area contributed by atoms with Crippen molar-refractivity contribution in [3.63, 3.8) is 0 Å². The predicted octanol–water partition coefficient (Wildman–Crippen LogP) is 4.08. The smallest absolute Gasteiger partial charge is 0.284 e. The van der Waals surface area contributed by atoms with E-state index in [2.05, 4.69) is 4.99 Å². The lowest BCUT2D eigenvalue weighted by molar-refractivity contribution is -0.113. The molecule has 2 aromatic carbocycles. The number of methoxy groups -OCH3 is 3. The van der Waals surface area contributed by atoms with Crippen molar-refractivity contribution in [2.75, 3.05) is 21.3 Å². The van der Waals surface area contributed by atoms with Crippen LogP contribution in [0, 0.1) is 6.92 Å². The summed E-state index contributed by atoms with van der Waals surface area (Å²) in [7, 11) is 4.70. The van der Waals surface area contributed by atoms with Crippen molar-refractivity contribution in [2.24, 2.45) is 4.99 Å². The van der Waals surface area contributed by atoms with Gasteiger partial charge in [0.2, 0.25) is 0 Å². The fourth-order valence-corrected chi connectivity index (χ4v) is 3.45. The number of aryl methyl sites for hydroxylation is 1. The maximum absolute atomic E-state index is 12.3. The van der Waals surface area contributed by atoms with Crippen LogP contribution in [-0.4, -0.2) is 32.3 Å². The van der Waals surface area contributed by atoms with Crippen LogP contribution in [0.15, 0.2) is 46.3 Å². The number of thioether (sulfide) groups is 1. The van der Waals surface area contributed by atoms with E-state index in [1.54, 1.807) is 39.5 Å². The SMILES string of the molecule is COc1cc(OC)c(OC)cc1/C=C1/SC(c2ccc(C)cc2)=NC1=O. The topological polar surface area (TPSA) is 57.1 Å². The Kier molecular flexibility index (Phi) is 5.32. The van der Waals surface area contributed by atoms with Crippen LogP contribution in [0.3, 0.4) is 0 Å². The number of carbonyl (C=O) groups excluding carboxylic acids is 1. The molecule has 0 N–H and O–H groups in total. The molecule has 1 aliphatic rings. The highest BCUT2D eigenvalue weighted by Gasteiger charge is 2.24. The minimum Gasteiger partial charge on any atom is -0.496 e. The summed E-state index contributed by atoms with van der Waals surface area (Å²) in [6.45, 7) is 2.02. The van der Waals surface area contributed by atoms with Crippen molar-refractivity contribution < 1.29 is 19.0 Å². The molecule has 0 bridgehead atoms. The Balaban J connectivity index is 1.94. The Bertz CT molecular complexity index is 901. The molecule has 5 nitrogen and oxygen atoms in total. The molecule has 2 aromatic rings. The number of benzene rings is 2. The molecule has 1 aliphatic heterocycles. The number of rotatable bonds is 5. The number of aliphatic imine (C=N–C) groups is 1. The highest BCUT2D eigenvalue weighted by Crippen LogP contribution is 2.38. The third kappa shape index (κ3) is 3.60. The van der Waals surface area contributed by atoms with Crippen molar-refractivity contribution in [1.29, 1.82) is 0 Å². The van der Waals surface area contributed by atoms with E-state index in [9.17, 15) is 4.79 Å². The molecule has 0 unspecified atom stereocenters. The summed E-state index contributed by atoms with van der Waals surface area (Å²) in [5, 5.41) is 0.695. The zero-order valence-corrected chi connectivity index (χ0v) is 15.8. The minimum atomic E-state index is -0.262. The van der Waals surface area contributed by atoms with Crippen LogP contribution in [-0.2, 0) is 4.79 Å². The summed E-state index contributed by atoms with van der Waals surface area (Å²) in [5.74, 6) is 1.46. The first-order chi connectivity index (χ1) is 12.5. The zero-order valence-electron chi connectivity index (χ0n) is 15.0. The normalized spacial score (nSPS) is 15.2. The molecule has 0 aromatic heterocycles. The Labute approximate surface area is 156 Å². The summed E-state index contributed by atoms with van der Waals surface area (Å²) >= 11 is 1.35. The van der Waals surface area contributed by atoms with Gasteiger partial charge in [0.25, 0.3) is 5.91 Å². The van der Waals surface area contributed by atoms with Crippen LogP contribution in [0.1, 0.15) is 16.7 Å². The molecule has 3 rings (SSSR count). The van der Waals surface area contributed by atoms with Crippen LogP contribution in [0.2, 0.25) is 0 Å². The van der Waals surface area contributed by atoms with Gasteiger partial charge >= 0.3 is 0 Å². The average molecular weight is 369 g/mol. The van der Waals surface area contributed by atoms with Gasteiger partial charge in [0.05, 0.1) is 26.2 Å². The number of nitrogens with zero attached hydrogens (tertiary/aromatic N) is 1. The third-order valence-electron chi connectivity index (χ3n) is 3.94. The van der Waals surface area contributed by atoms with Crippen LogP contribution in [0.25, 0.3) is 6.08 Å². The predicted molar refractivity (Wildman–Crippen MR) is 104 cm³/mol. The van der Waals surface area contributed by atoms with Gasteiger partial charge in [-0.05, 0) is 19.1 Å². The summed E-state index contributed by atoms with van der Waals surface area (Å²) in [6, 6.07) is 11.5. The van der Waals surface area contributed by atoms with Gasteiger partial charge in [-0.3, -0.25) is 4.79 Å². The maximum atomic E-state index is 12.3. The monoisotopic (exact) mass is 369 g/mol. The van der Waals surface area contributed by atoms with Crippen molar-refractivity contribution in [3.8, 4) is 17.2 Å². The summed E-state index contributed by atoms with van der Waals surface area (Å²) < 4.78 is 16.0. The van der Waals surface area contributed by atoms with Crippen LogP contribution >= 0.6 is 11.8 Å². The second-order valence-electron chi connectivity index (χ2n) is 5.65. The van der Waals surface area contributed by atoms with Crippen molar-refractivity contribution in [3.05, 3.63) is 58.0 Å². The molecule has 0 aliphatic carbocycles. The van der Waals surface area contributed by atoms with Crippen molar-refractivity contribution >= 4 is 28.8 Å². The number of hydrogen-bond donors (Lipinski definition) is 0. The number of hydrogen-bond acceptors (Lipinski definition) is 5. The van der Waals surface area contributed by atoms with E-state index in [0.717, 1.165) is 16.7 Å². The Hall–Kier alpha value is -2.73. The Morgan fingerprint density at radius 3 is 2.15 bits per heavy atom. The molecule has 0 fully saturated rings. The standard InChI is InChI=1S/C20H19NO4S/c1-12-5-7-13(8-6-12)20-21-19(22)18(26-20)10-14-9-16(24-3)17(25-4)11-15(14)23-2/h5-11H,1-4H3/b18-10+. The number of carbonyl (C=O) groups is 1. The van der Waals surface area contributed by atoms with E-state index in [0.29, 0.717) is 27.2 Å². The molecular formula is C20H19NO4S. The van der Waals surface area contributed by atoms with E-state index in [-0.39, 0.29) is 5.91 Å². The molecule has 0 saturated carbocycles. The van der Waals surface area contributed by atoms with Crippen LogP contribution in [0.4, 0.5) is 0 Å². The minimum absolute atomic E-state index is 0.262. The van der Waals surface area contributed by atoms with Gasteiger partial charge < -0.3 is 14.2 Å². The van der Waals surface area contributed by atoms with Gasteiger partial charge in [-0.15, -0.1) is 0 Å². The molecule has 0 atom stereocenters. The van der Waals surface area contributed by atoms with Gasteiger partial charge in [0.15, 0.2) is 11.5 Å². The molecular weight excluding hydrogens is 350 g/mol. The van der Waals surface area contributed by atoms with Gasteiger partial charge in [0, 0.05) is 17.2 Å². The quantitative estimate of drug-likeness (QED) is 0.743. The summed E-state index contributed by atoms with van der Waals surface area (Å²) in [4.78, 5) is 17.0. The highest BCUT2D eigenvalue weighted by atomic mass is 32.2. The molecule has 26 heavy (non-hydrogen) atoms. The lowest BCUT2D eigenvalue weighted by atomic mass is 10.1. The van der Waals surface area contributed by atoms with Crippen LogP contribution < -0.4 is 14.2 Å². The third-order valence-corrected chi connectivity index (χ3v) is 4.97. The molecule has 0 radical (unpaired) electrons. The first kappa shape index (κ1) is 18.1. The summed E-state index contributed by atoms with van der Waals surface area (Å²) in [5.41, 5.74) is 2.81. The largest absolute Gasteiger partial charge is 0.496 e. The van der Waals surface area contributed by atoms with Crippen molar-refractivity contribution in [1.82, 2.24) is 0 Å². The lowest BCUT2D eigenvalue weighted by Gasteiger charge is -2.12. The molecule has 134 valence electrons. The molecule has 0 saturated heterocycles. The first-order valence-corrected chi connectivity index (χ1v) is 8.77. The second kappa shape index (κ2) is 7.66. The van der Waals surface area contributed by atoms with E-state index < -0.39 is 0 Å². The van der Waals surface area contributed by atoms with E-state index in [4.69, 9.17) is 14.2 Å². The lowest BCUT2D eigenvalue weighted by Crippen LogP contribution is -1.95. The van der Waals surface area contributed by atoms with E-state index >= 15 is 0 Å². The Morgan fingerprint density at radius 1 is 0.923 bits per heavy atom. The molecule has 1 amide bonds. The highest BCUT2D eigenvalue weighted by molar-refractivity contribution is 8.19. The van der Waals surface area contributed by atoms with E-state index in [1.807, 2.05) is 31.2 Å². The molecule has 0 spiro atoms. The number of ether oxygens (including phenoxy) is 3. The van der Waals surface area contributed by atoms with E-state index in [1.165, 1.54) is 11.8 Å². The first-order valence-electron chi connectivity index (χ1n) is 7.95. The summed E-state index contributed by atoms with van der Waals surface area (Å²) in [6.07, 6.45) is 1.76. The average Bonchev–Trinajstić information content (AvgIpc) is 3.02. The van der Waals surface area contributed by atoms with Gasteiger partial charge in [-0.25, -0.2) is 4.99 Å². The van der Waals surface area contributed by atoms with Gasteiger partial charge in [-0.1, -0.05) is 41.6 Å². The Morgan fingerprint density at radius 2 is 1.54 bits per heavy atom. The molecule has 1 heterocycles. The van der Waals surface area contributed by atoms with Gasteiger partial charge in [0.1, 0.15) is 10.8 Å². The maximum Gasteiger partial charge on any atom is 0.284 e. The van der Waals surface area contributed by atoms with Gasteiger partial charge in [-0.2, -0.15) is 0 Å². The second-order valence-corrected chi connectivity index (χ2v) is 6.68. The van der Waals surface area contributed by atoms with Crippen molar-refractivity contribution in [2.45, 2.75) is 6.92 Å².